The second-order valence-electron chi connectivity index (χ2n) is 6.97. The van der Waals surface area contributed by atoms with Crippen molar-refractivity contribution in [3.05, 3.63) is 29.1 Å². The maximum atomic E-state index is 11.9. The average Bonchev–Trinajstić information content (AvgIpc) is 3.08. The van der Waals surface area contributed by atoms with Gasteiger partial charge in [0.1, 0.15) is 0 Å². The third-order valence-corrected chi connectivity index (χ3v) is 5.03. The summed E-state index contributed by atoms with van der Waals surface area (Å²) in [6, 6.07) is 6.26. The molecule has 0 saturated carbocycles. The van der Waals surface area contributed by atoms with Crippen LogP contribution in [0.25, 0.3) is 11.3 Å². The maximum Gasteiger partial charge on any atom is 0.226 e. The van der Waals surface area contributed by atoms with Crippen molar-refractivity contribution in [2.75, 3.05) is 10.2 Å². The predicted molar refractivity (Wildman–Crippen MR) is 102 cm³/mol. The first-order valence-corrected chi connectivity index (χ1v) is 9.41. The van der Waals surface area contributed by atoms with E-state index in [2.05, 4.69) is 23.3 Å². The number of fused-ring (bicyclic) bond motifs is 1. The van der Waals surface area contributed by atoms with Crippen molar-refractivity contribution < 1.29 is 9.59 Å². The molecule has 5 nitrogen and oxygen atoms in total. The second-order valence-corrected chi connectivity index (χ2v) is 7.83. The van der Waals surface area contributed by atoms with E-state index in [1.807, 2.05) is 36.3 Å². The van der Waals surface area contributed by atoms with Crippen LogP contribution in [-0.4, -0.2) is 22.8 Å². The minimum absolute atomic E-state index is 0.00391. The molecule has 0 aliphatic carbocycles. The van der Waals surface area contributed by atoms with Gasteiger partial charge in [0.05, 0.1) is 5.69 Å². The van der Waals surface area contributed by atoms with Gasteiger partial charge in [-0.1, -0.05) is 19.9 Å². The molecule has 1 aliphatic rings. The van der Waals surface area contributed by atoms with Crippen molar-refractivity contribution in [3.8, 4) is 11.3 Å². The van der Waals surface area contributed by atoms with Crippen molar-refractivity contribution in [2.45, 2.75) is 46.6 Å². The molecule has 1 aliphatic heterocycles. The SMILES string of the molecule is CC(=O)N1c2ccc(-c3csc(NC(=O)CC(C)C)n3)cc2CC1C. The zero-order valence-corrected chi connectivity index (χ0v) is 15.8. The van der Waals surface area contributed by atoms with E-state index in [0.29, 0.717) is 17.5 Å². The molecule has 132 valence electrons. The van der Waals surface area contributed by atoms with Gasteiger partial charge < -0.3 is 10.2 Å². The van der Waals surface area contributed by atoms with E-state index >= 15 is 0 Å². The summed E-state index contributed by atoms with van der Waals surface area (Å²) in [5, 5.41) is 5.44. The zero-order chi connectivity index (χ0) is 18.1. The number of hydrogen-bond donors (Lipinski definition) is 1. The van der Waals surface area contributed by atoms with Crippen LogP contribution in [0.3, 0.4) is 0 Å². The molecule has 2 amide bonds. The van der Waals surface area contributed by atoms with Gasteiger partial charge in [0.15, 0.2) is 5.13 Å². The van der Waals surface area contributed by atoms with Gasteiger partial charge >= 0.3 is 0 Å². The van der Waals surface area contributed by atoms with Crippen LogP contribution >= 0.6 is 11.3 Å². The van der Waals surface area contributed by atoms with E-state index < -0.39 is 0 Å². The lowest BCUT2D eigenvalue weighted by molar-refractivity contribution is -0.117. The second kappa shape index (κ2) is 6.96. The monoisotopic (exact) mass is 357 g/mol. The van der Waals surface area contributed by atoms with Crippen LogP contribution in [0.15, 0.2) is 23.6 Å². The first-order chi connectivity index (χ1) is 11.8. The highest BCUT2D eigenvalue weighted by atomic mass is 32.1. The highest BCUT2D eigenvalue weighted by molar-refractivity contribution is 7.14. The highest BCUT2D eigenvalue weighted by Crippen LogP contribution is 2.36. The lowest BCUT2D eigenvalue weighted by Gasteiger charge is -2.20. The van der Waals surface area contributed by atoms with Gasteiger partial charge in [-0.15, -0.1) is 11.3 Å². The number of thiazole rings is 1. The van der Waals surface area contributed by atoms with Crippen molar-refractivity contribution in [2.24, 2.45) is 5.92 Å². The summed E-state index contributed by atoms with van der Waals surface area (Å²) in [6.45, 7) is 7.70. The highest BCUT2D eigenvalue weighted by Gasteiger charge is 2.29. The van der Waals surface area contributed by atoms with Crippen LogP contribution in [-0.2, 0) is 16.0 Å². The van der Waals surface area contributed by atoms with Gasteiger partial charge in [-0.3, -0.25) is 9.59 Å². The topological polar surface area (TPSA) is 62.3 Å². The summed E-state index contributed by atoms with van der Waals surface area (Å²) in [7, 11) is 0. The molecule has 1 atom stereocenters. The Balaban J connectivity index is 1.79. The van der Waals surface area contributed by atoms with Crippen molar-refractivity contribution in [3.63, 3.8) is 0 Å². The van der Waals surface area contributed by atoms with Gasteiger partial charge in [-0.25, -0.2) is 4.98 Å². The Labute approximate surface area is 152 Å². The summed E-state index contributed by atoms with van der Waals surface area (Å²) >= 11 is 1.43. The number of aromatic nitrogens is 1. The molecule has 6 heteroatoms. The van der Waals surface area contributed by atoms with Gasteiger partial charge in [0.2, 0.25) is 11.8 Å². The minimum atomic E-state index is -0.00391. The smallest absolute Gasteiger partial charge is 0.226 e. The third kappa shape index (κ3) is 3.74. The van der Waals surface area contributed by atoms with E-state index in [4.69, 9.17) is 0 Å². The molecule has 1 N–H and O–H groups in total. The Morgan fingerprint density at radius 3 is 2.84 bits per heavy atom. The lowest BCUT2D eigenvalue weighted by Crippen LogP contribution is -2.33. The molecule has 1 unspecified atom stereocenters. The largest absolute Gasteiger partial charge is 0.309 e. The zero-order valence-electron chi connectivity index (χ0n) is 15.0. The fourth-order valence-electron chi connectivity index (χ4n) is 3.28. The quantitative estimate of drug-likeness (QED) is 0.896. The normalized spacial score (nSPS) is 16.2. The predicted octanol–water partition coefficient (Wildman–Crippen LogP) is 4.09. The third-order valence-electron chi connectivity index (χ3n) is 4.27. The summed E-state index contributed by atoms with van der Waals surface area (Å²) in [4.78, 5) is 30.1. The van der Waals surface area contributed by atoms with Gasteiger partial charge in [0.25, 0.3) is 0 Å². The van der Waals surface area contributed by atoms with Crippen LogP contribution in [0.1, 0.15) is 39.7 Å². The average molecular weight is 357 g/mol. The molecular formula is C19H23N3O2S. The maximum absolute atomic E-state index is 11.9. The molecule has 0 radical (unpaired) electrons. The van der Waals surface area contributed by atoms with Crippen LogP contribution in [0.5, 0.6) is 0 Å². The summed E-state index contributed by atoms with van der Waals surface area (Å²) < 4.78 is 0. The molecular weight excluding hydrogens is 334 g/mol. The first kappa shape index (κ1) is 17.6. The van der Waals surface area contributed by atoms with E-state index in [1.165, 1.54) is 16.9 Å². The molecule has 25 heavy (non-hydrogen) atoms. The molecule has 0 bridgehead atoms. The Morgan fingerprint density at radius 1 is 1.40 bits per heavy atom. The number of amides is 2. The number of benzene rings is 1. The van der Waals surface area contributed by atoms with Crippen LogP contribution in [0, 0.1) is 5.92 Å². The minimum Gasteiger partial charge on any atom is -0.309 e. The number of rotatable bonds is 4. The van der Waals surface area contributed by atoms with Gasteiger partial charge in [-0.2, -0.15) is 0 Å². The van der Waals surface area contributed by atoms with E-state index in [1.54, 1.807) is 6.92 Å². The van der Waals surface area contributed by atoms with Crippen LogP contribution < -0.4 is 10.2 Å². The molecule has 0 saturated heterocycles. The lowest BCUT2D eigenvalue weighted by atomic mass is 10.1. The molecule has 0 fully saturated rings. The number of anilines is 2. The van der Waals surface area contributed by atoms with Gasteiger partial charge in [-0.05, 0) is 37.0 Å². The van der Waals surface area contributed by atoms with Crippen LogP contribution in [0.2, 0.25) is 0 Å². The van der Waals surface area contributed by atoms with E-state index in [-0.39, 0.29) is 17.9 Å². The molecule has 2 heterocycles. The Kier molecular flexibility index (Phi) is 4.90. The fraction of sp³-hybridized carbons (Fsp3) is 0.421. The number of hydrogen-bond acceptors (Lipinski definition) is 4. The Bertz CT molecular complexity index is 813. The van der Waals surface area contributed by atoms with E-state index in [9.17, 15) is 9.59 Å². The molecule has 1 aromatic carbocycles. The summed E-state index contributed by atoms with van der Waals surface area (Å²) in [6.07, 6.45) is 1.34. The number of carbonyl (C=O) groups excluding carboxylic acids is 2. The van der Waals surface area contributed by atoms with Crippen molar-refractivity contribution in [1.82, 2.24) is 4.98 Å². The molecule has 3 rings (SSSR count). The van der Waals surface area contributed by atoms with Crippen molar-refractivity contribution in [1.29, 1.82) is 0 Å². The Hall–Kier alpha value is -2.21. The van der Waals surface area contributed by atoms with Gasteiger partial charge in [0, 0.05) is 36.0 Å². The summed E-state index contributed by atoms with van der Waals surface area (Å²) in [5.74, 6) is 0.390. The summed E-state index contributed by atoms with van der Waals surface area (Å²) in [5.41, 5.74) is 4.02. The number of nitrogens with zero attached hydrogens (tertiary/aromatic N) is 2. The number of carbonyl (C=O) groups is 2. The van der Waals surface area contributed by atoms with Crippen molar-refractivity contribution >= 4 is 34.0 Å². The standard InChI is InChI=1S/C19H23N3O2S/c1-11(2)7-18(24)21-19-20-16(10-25-19)14-5-6-17-15(9-14)8-12(3)22(17)13(4)23/h5-6,9-12H,7-8H2,1-4H3,(H,20,21,24). The Morgan fingerprint density at radius 2 is 2.16 bits per heavy atom. The molecule has 2 aromatic rings. The van der Waals surface area contributed by atoms with Crippen LogP contribution in [0.4, 0.5) is 10.8 Å². The fourth-order valence-corrected chi connectivity index (χ4v) is 4.01. The van der Waals surface area contributed by atoms with E-state index in [0.717, 1.165) is 23.4 Å². The molecule has 1 aromatic heterocycles. The number of nitrogens with one attached hydrogen (secondary N) is 1. The molecule has 0 spiro atoms. The first-order valence-electron chi connectivity index (χ1n) is 8.53.